The molecule has 2 rings (SSSR count). The van der Waals surface area contributed by atoms with Crippen LogP contribution in [-0.2, 0) is 14.1 Å². The van der Waals surface area contributed by atoms with Crippen LogP contribution in [0.1, 0.15) is 13.8 Å². The predicted molar refractivity (Wildman–Crippen MR) is 111 cm³/mol. The molecule has 0 saturated carbocycles. The molecule has 5 nitrogen and oxygen atoms in total. The van der Waals surface area contributed by atoms with Crippen molar-refractivity contribution in [3.8, 4) is 0 Å². The fourth-order valence-electron chi connectivity index (χ4n) is 2.21. The highest BCUT2D eigenvalue weighted by atomic mass is 79.9. The molecule has 0 aromatic heterocycles. The van der Waals surface area contributed by atoms with Gasteiger partial charge in [0.1, 0.15) is 0 Å². The third-order valence-electron chi connectivity index (χ3n) is 3.37. The van der Waals surface area contributed by atoms with Gasteiger partial charge in [0.05, 0.1) is 12.3 Å². The largest absolute Gasteiger partial charge is 0.464 e. The fraction of sp³-hybridized carbons (Fsp3) is 0.278. The molecular formula is C18H20BrN2O3PS. The van der Waals surface area contributed by atoms with Gasteiger partial charge in [0.25, 0.3) is 0 Å². The highest BCUT2D eigenvalue weighted by Gasteiger charge is 2.42. The number of hydrogen-bond acceptors (Lipinski definition) is 6. The van der Waals surface area contributed by atoms with Gasteiger partial charge in [-0.1, -0.05) is 64.6 Å². The number of carbonyl (C=O) groups is 1. The average molecular weight is 455 g/mol. The SMILES string of the molecule is CCOC(=O)C(N=Nc1ccc(Br)cc1)P(=O)(SCC)c1ccccc1. The number of carbonyl (C=O) groups excluding carboxylic acids is 1. The zero-order chi connectivity index (χ0) is 19.0. The van der Waals surface area contributed by atoms with Crippen LogP contribution in [0.4, 0.5) is 5.69 Å². The maximum absolute atomic E-state index is 13.8. The monoisotopic (exact) mass is 454 g/mol. The summed E-state index contributed by atoms with van der Waals surface area (Å²) in [5, 5.41) is 8.89. The Bertz CT molecular complexity index is 800. The Morgan fingerprint density at radius 1 is 1.15 bits per heavy atom. The first-order valence-electron chi connectivity index (χ1n) is 8.14. The standard InChI is InChI=1S/C18H20BrN2O3PS/c1-3-24-18(22)17(21-20-15-12-10-14(19)11-13-15)25(23,26-4-2)16-8-6-5-7-9-16/h5-13,17H,3-4H2,1-2H3. The molecule has 0 spiro atoms. The normalized spacial score (nSPS) is 14.7. The minimum absolute atomic E-state index is 0.189. The second-order valence-corrected chi connectivity index (χ2v) is 11.5. The maximum Gasteiger partial charge on any atom is 0.341 e. The summed E-state index contributed by atoms with van der Waals surface area (Å²) in [5.74, 6) is -1.23. The Balaban J connectivity index is 2.45. The van der Waals surface area contributed by atoms with E-state index in [2.05, 4.69) is 26.2 Å². The van der Waals surface area contributed by atoms with Crippen molar-refractivity contribution in [2.75, 3.05) is 12.4 Å². The van der Waals surface area contributed by atoms with Crippen molar-refractivity contribution in [1.82, 2.24) is 0 Å². The van der Waals surface area contributed by atoms with Crippen LogP contribution in [0, 0.1) is 0 Å². The molecule has 0 saturated heterocycles. The molecule has 0 heterocycles. The van der Waals surface area contributed by atoms with Crippen molar-refractivity contribution in [3.05, 3.63) is 59.1 Å². The second kappa shape index (κ2) is 10.0. The summed E-state index contributed by atoms with van der Waals surface area (Å²) in [4.78, 5) is 12.5. The number of hydrogen-bond donors (Lipinski definition) is 0. The molecule has 2 atom stereocenters. The molecule has 2 aromatic rings. The second-order valence-electron chi connectivity index (χ2n) is 5.17. The zero-order valence-corrected chi connectivity index (χ0v) is 17.8. The molecule has 8 heteroatoms. The van der Waals surface area contributed by atoms with Gasteiger partial charge in [-0.05, 0) is 36.9 Å². The number of nitrogens with zero attached hydrogens (tertiary/aromatic N) is 2. The highest BCUT2D eigenvalue weighted by molar-refractivity contribution is 9.10. The number of esters is 1. The van der Waals surface area contributed by atoms with Gasteiger partial charge in [-0.25, -0.2) is 4.79 Å². The summed E-state index contributed by atoms with van der Waals surface area (Å²) in [6.45, 7) is 3.80. The predicted octanol–water partition coefficient (Wildman–Crippen LogP) is 5.78. The average Bonchev–Trinajstić information content (AvgIpc) is 2.64. The van der Waals surface area contributed by atoms with Gasteiger partial charge >= 0.3 is 5.97 Å². The van der Waals surface area contributed by atoms with Gasteiger partial charge in [0, 0.05) is 9.78 Å². The van der Waals surface area contributed by atoms with Crippen LogP contribution in [0.3, 0.4) is 0 Å². The minimum Gasteiger partial charge on any atom is -0.464 e. The van der Waals surface area contributed by atoms with E-state index in [-0.39, 0.29) is 6.61 Å². The molecule has 0 N–H and O–H groups in total. The Hall–Kier alpha value is -1.43. The molecule has 0 fully saturated rings. The summed E-state index contributed by atoms with van der Waals surface area (Å²) in [6, 6.07) is 16.1. The molecular weight excluding hydrogens is 435 g/mol. The van der Waals surface area contributed by atoms with E-state index in [0.29, 0.717) is 16.7 Å². The van der Waals surface area contributed by atoms with E-state index in [1.807, 2.05) is 25.1 Å². The van der Waals surface area contributed by atoms with Crippen molar-refractivity contribution in [1.29, 1.82) is 0 Å². The maximum atomic E-state index is 13.8. The molecule has 2 aromatic carbocycles. The third kappa shape index (κ3) is 5.29. The van der Waals surface area contributed by atoms with Gasteiger partial charge in [0.15, 0.2) is 0 Å². The van der Waals surface area contributed by atoms with Crippen LogP contribution < -0.4 is 5.30 Å². The van der Waals surface area contributed by atoms with E-state index in [9.17, 15) is 9.36 Å². The summed E-state index contributed by atoms with van der Waals surface area (Å²) >= 11 is 4.58. The van der Waals surface area contributed by atoms with Gasteiger partial charge in [0.2, 0.25) is 12.1 Å². The lowest BCUT2D eigenvalue weighted by Gasteiger charge is -2.22. The third-order valence-corrected chi connectivity index (χ3v) is 9.67. The molecule has 0 aliphatic rings. The smallest absolute Gasteiger partial charge is 0.341 e. The lowest BCUT2D eigenvalue weighted by atomic mass is 10.3. The minimum atomic E-state index is -3.24. The summed E-state index contributed by atoms with van der Waals surface area (Å²) in [5.41, 5.74) is 0.573. The summed E-state index contributed by atoms with van der Waals surface area (Å²) in [7, 11) is 0. The molecule has 0 aliphatic carbocycles. The van der Waals surface area contributed by atoms with Crippen molar-refractivity contribution in [3.63, 3.8) is 0 Å². The van der Waals surface area contributed by atoms with E-state index in [1.54, 1.807) is 43.3 Å². The summed E-state index contributed by atoms with van der Waals surface area (Å²) < 4.78 is 19.9. The number of benzene rings is 2. The fourth-order valence-corrected chi connectivity index (χ4v) is 7.33. The number of ether oxygens (including phenoxy) is 1. The van der Waals surface area contributed by atoms with Gasteiger partial charge in [-0.2, -0.15) is 10.2 Å². The van der Waals surface area contributed by atoms with Crippen LogP contribution in [0.2, 0.25) is 0 Å². The van der Waals surface area contributed by atoms with Crippen LogP contribution >= 0.6 is 33.7 Å². The number of rotatable bonds is 8. The quantitative estimate of drug-likeness (QED) is 0.288. The Kier molecular flexibility index (Phi) is 8.07. The van der Waals surface area contributed by atoms with E-state index >= 15 is 0 Å². The van der Waals surface area contributed by atoms with Crippen molar-refractivity contribution < 1.29 is 14.1 Å². The van der Waals surface area contributed by atoms with Gasteiger partial charge in [-0.3, -0.25) is 0 Å². The van der Waals surface area contributed by atoms with E-state index in [1.165, 1.54) is 11.4 Å². The molecule has 0 amide bonds. The van der Waals surface area contributed by atoms with Crippen LogP contribution in [0.5, 0.6) is 0 Å². The van der Waals surface area contributed by atoms with Gasteiger partial charge < -0.3 is 9.30 Å². The van der Waals surface area contributed by atoms with E-state index in [0.717, 1.165) is 4.47 Å². The van der Waals surface area contributed by atoms with E-state index in [4.69, 9.17) is 4.74 Å². The van der Waals surface area contributed by atoms with Crippen molar-refractivity contribution >= 4 is 50.6 Å². The Labute approximate surface area is 165 Å². The van der Waals surface area contributed by atoms with Crippen LogP contribution in [-0.4, -0.2) is 24.1 Å². The van der Waals surface area contributed by atoms with Crippen LogP contribution in [0.15, 0.2) is 69.3 Å². The molecule has 138 valence electrons. The number of azo groups is 1. The lowest BCUT2D eigenvalue weighted by Crippen LogP contribution is -2.25. The molecule has 26 heavy (non-hydrogen) atoms. The first-order chi connectivity index (χ1) is 12.5. The zero-order valence-electron chi connectivity index (χ0n) is 14.5. The van der Waals surface area contributed by atoms with Gasteiger partial charge in [-0.15, -0.1) is 0 Å². The highest BCUT2D eigenvalue weighted by Crippen LogP contribution is 2.62. The first-order valence-corrected chi connectivity index (χ1v) is 12.3. The van der Waals surface area contributed by atoms with Crippen LogP contribution in [0.25, 0.3) is 0 Å². The molecule has 0 bridgehead atoms. The molecule has 0 aliphatic heterocycles. The Morgan fingerprint density at radius 3 is 2.38 bits per heavy atom. The molecule has 0 radical (unpaired) electrons. The van der Waals surface area contributed by atoms with Crippen molar-refractivity contribution in [2.24, 2.45) is 10.2 Å². The summed E-state index contributed by atoms with van der Waals surface area (Å²) in [6.07, 6.45) is -3.24. The Morgan fingerprint density at radius 2 is 1.81 bits per heavy atom. The van der Waals surface area contributed by atoms with E-state index < -0.39 is 18.1 Å². The topological polar surface area (TPSA) is 68.1 Å². The number of halogens is 1. The first kappa shape index (κ1) is 20.9. The van der Waals surface area contributed by atoms with Crippen molar-refractivity contribution in [2.45, 2.75) is 19.6 Å². The molecule has 2 unspecified atom stereocenters. The lowest BCUT2D eigenvalue weighted by molar-refractivity contribution is -0.142.